The van der Waals surface area contributed by atoms with E-state index < -0.39 is 11.9 Å². The lowest BCUT2D eigenvalue weighted by atomic mass is 10.1. The van der Waals surface area contributed by atoms with Crippen LogP contribution in [0.2, 0.25) is 0 Å². The molecule has 1 N–H and O–H groups in total. The summed E-state index contributed by atoms with van der Waals surface area (Å²) in [6.07, 6.45) is 1.46. The number of amides is 1. The first-order valence-electron chi connectivity index (χ1n) is 8.17. The Kier molecular flexibility index (Phi) is 8.25. The third kappa shape index (κ3) is 6.20. The van der Waals surface area contributed by atoms with Crippen molar-refractivity contribution in [3.8, 4) is 17.6 Å². The van der Waals surface area contributed by atoms with E-state index >= 15 is 0 Å². The van der Waals surface area contributed by atoms with Gasteiger partial charge in [0.05, 0.1) is 10.2 Å². The molecule has 0 unspecified atom stereocenters. The van der Waals surface area contributed by atoms with E-state index in [1.54, 1.807) is 24.3 Å². The molecule has 0 saturated carbocycles. The third-order valence-corrected chi connectivity index (χ3v) is 4.88. The number of ether oxygens (including phenoxy) is 2. The number of benzene rings is 2. The summed E-state index contributed by atoms with van der Waals surface area (Å²) in [5.74, 6) is -0.294. The number of hydrogen-bond acceptors (Lipinski definition) is 5. The number of nitriles is 1. The van der Waals surface area contributed by atoms with Crippen LogP contribution in [-0.4, -0.2) is 18.5 Å². The molecular weight excluding hydrogens is 586 g/mol. The molecule has 0 bridgehead atoms. The molecule has 8 heteroatoms. The van der Waals surface area contributed by atoms with E-state index in [-0.39, 0.29) is 5.57 Å². The topological polar surface area (TPSA) is 88.4 Å². The minimum absolute atomic E-state index is 0.0583. The normalized spacial score (nSPS) is 10.8. The molecule has 0 fully saturated rings. The Morgan fingerprint density at radius 3 is 2.46 bits per heavy atom. The Labute approximate surface area is 190 Å². The highest BCUT2D eigenvalue weighted by Gasteiger charge is 2.15. The van der Waals surface area contributed by atoms with Crippen molar-refractivity contribution in [2.75, 3.05) is 11.9 Å². The lowest BCUT2D eigenvalue weighted by Crippen LogP contribution is -2.13. The summed E-state index contributed by atoms with van der Waals surface area (Å²) >= 11 is 4.18. The van der Waals surface area contributed by atoms with Gasteiger partial charge in [0, 0.05) is 16.2 Å². The number of anilines is 1. The van der Waals surface area contributed by atoms with E-state index in [0.29, 0.717) is 32.9 Å². The molecule has 0 radical (unpaired) electrons. The summed E-state index contributed by atoms with van der Waals surface area (Å²) in [7, 11) is 0. The van der Waals surface area contributed by atoms with E-state index in [1.165, 1.54) is 13.0 Å². The molecular formula is C20H16I2N2O4. The third-order valence-electron chi connectivity index (χ3n) is 3.36. The fourth-order valence-corrected chi connectivity index (χ4v) is 3.32. The van der Waals surface area contributed by atoms with E-state index in [0.717, 1.165) is 3.57 Å². The summed E-state index contributed by atoms with van der Waals surface area (Å²) in [6, 6.07) is 12.5. The number of esters is 1. The number of nitrogens with zero attached hydrogens (tertiary/aromatic N) is 1. The molecule has 1 amide bonds. The van der Waals surface area contributed by atoms with Crippen LogP contribution in [0.1, 0.15) is 19.4 Å². The van der Waals surface area contributed by atoms with Crippen LogP contribution < -0.4 is 14.8 Å². The first-order valence-corrected chi connectivity index (χ1v) is 10.3. The van der Waals surface area contributed by atoms with Crippen LogP contribution in [0.15, 0.2) is 42.0 Å². The van der Waals surface area contributed by atoms with E-state index in [4.69, 9.17) is 9.47 Å². The highest BCUT2D eigenvalue weighted by Crippen LogP contribution is 2.35. The summed E-state index contributed by atoms with van der Waals surface area (Å²) < 4.78 is 12.4. The van der Waals surface area contributed by atoms with Gasteiger partial charge in [-0.2, -0.15) is 5.26 Å². The average Bonchev–Trinajstić information content (AvgIpc) is 2.64. The Balaban J connectivity index is 2.34. The summed E-state index contributed by atoms with van der Waals surface area (Å²) in [5, 5.41) is 12.1. The van der Waals surface area contributed by atoms with Crippen molar-refractivity contribution in [2.45, 2.75) is 13.8 Å². The summed E-state index contributed by atoms with van der Waals surface area (Å²) in [4.78, 5) is 23.8. The van der Waals surface area contributed by atoms with Crippen LogP contribution in [-0.2, 0) is 9.59 Å². The number of carbonyl (C=O) groups excluding carboxylic acids is 2. The van der Waals surface area contributed by atoms with Crippen LogP contribution in [0.5, 0.6) is 11.5 Å². The molecule has 0 aliphatic carbocycles. The van der Waals surface area contributed by atoms with Crippen LogP contribution in [0.3, 0.4) is 0 Å². The molecule has 28 heavy (non-hydrogen) atoms. The molecule has 0 saturated heterocycles. The van der Waals surface area contributed by atoms with Gasteiger partial charge in [-0.1, -0.05) is 0 Å². The SMILES string of the molecule is CCOc1cc(/C=C(/C#N)C(=O)Nc2ccc(I)cc2)cc(I)c1OC(C)=O. The largest absolute Gasteiger partial charge is 0.490 e. The van der Waals surface area contributed by atoms with Gasteiger partial charge >= 0.3 is 5.97 Å². The van der Waals surface area contributed by atoms with Gasteiger partial charge in [0.15, 0.2) is 11.5 Å². The average molecular weight is 602 g/mol. The smallest absolute Gasteiger partial charge is 0.308 e. The molecule has 2 aromatic carbocycles. The summed E-state index contributed by atoms with van der Waals surface area (Å²) in [5.41, 5.74) is 1.12. The quantitative estimate of drug-likeness (QED) is 0.170. The predicted octanol–water partition coefficient (Wildman–Crippen LogP) is 4.77. The first kappa shape index (κ1) is 22.2. The lowest BCUT2D eigenvalue weighted by Gasteiger charge is -2.13. The molecule has 0 aromatic heterocycles. The van der Waals surface area contributed by atoms with Crippen molar-refractivity contribution in [3.63, 3.8) is 0 Å². The standard InChI is InChI=1S/C20H16I2N2O4/c1-3-27-18-10-13(9-17(22)19(18)28-12(2)25)8-14(11-23)20(26)24-16-6-4-15(21)5-7-16/h4-10H,3H2,1-2H3,(H,24,26)/b14-8-. The molecule has 0 atom stereocenters. The fraction of sp³-hybridized carbons (Fsp3) is 0.150. The fourth-order valence-electron chi connectivity index (χ4n) is 2.22. The highest BCUT2D eigenvalue weighted by atomic mass is 127. The van der Waals surface area contributed by atoms with Gasteiger partial charge in [-0.3, -0.25) is 9.59 Å². The molecule has 0 aliphatic heterocycles. The zero-order valence-corrected chi connectivity index (χ0v) is 19.4. The van der Waals surface area contributed by atoms with Crippen molar-refractivity contribution < 1.29 is 19.1 Å². The Morgan fingerprint density at radius 2 is 1.89 bits per heavy atom. The zero-order chi connectivity index (χ0) is 20.7. The Bertz CT molecular complexity index is 963. The van der Waals surface area contributed by atoms with Crippen LogP contribution in [0, 0.1) is 18.5 Å². The molecule has 2 aromatic rings. The van der Waals surface area contributed by atoms with Crippen molar-refractivity contribution in [3.05, 3.63) is 54.7 Å². The number of rotatable bonds is 6. The lowest BCUT2D eigenvalue weighted by molar-refractivity contribution is -0.132. The molecule has 144 valence electrons. The maximum absolute atomic E-state index is 12.4. The van der Waals surface area contributed by atoms with Crippen LogP contribution >= 0.6 is 45.2 Å². The molecule has 6 nitrogen and oxygen atoms in total. The first-order chi connectivity index (χ1) is 13.3. The van der Waals surface area contributed by atoms with Crippen molar-refractivity contribution in [1.82, 2.24) is 0 Å². The van der Waals surface area contributed by atoms with E-state index in [9.17, 15) is 14.9 Å². The monoisotopic (exact) mass is 602 g/mol. The second-order valence-corrected chi connectivity index (χ2v) is 7.90. The van der Waals surface area contributed by atoms with Crippen molar-refractivity contribution in [2.24, 2.45) is 0 Å². The molecule has 0 heterocycles. The zero-order valence-electron chi connectivity index (χ0n) is 15.1. The van der Waals surface area contributed by atoms with Crippen LogP contribution in [0.4, 0.5) is 5.69 Å². The highest BCUT2D eigenvalue weighted by molar-refractivity contribution is 14.1. The minimum atomic E-state index is -0.513. The second-order valence-electron chi connectivity index (χ2n) is 5.49. The Morgan fingerprint density at radius 1 is 1.21 bits per heavy atom. The van der Waals surface area contributed by atoms with Gasteiger partial charge in [-0.05, 0) is 100 Å². The van der Waals surface area contributed by atoms with Gasteiger partial charge in [-0.15, -0.1) is 0 Å². The minimum Gasteiger partial charge on any atom is -0.490 e. The van der Waals surface area contributed by atoms with Gasteiger partial charge < -0.3 is 14.8 Å². The maximum Gasteiger partial charge on any atom is 0.308 e. The molecule has 0 spiro atoms. The van der Waals surface area contributed by atoms with E-state index in [1.807, 2.05) is 47.7 Å². The van der Waals surface area contributed by atoms with Crippen molar-refractivity contribution >= 4 is 68.8 Å². The van der Waals surface area contributed by atoms with Crippen LogP contribution in [0.25, 0.3) is 6.08 Å². The number of halogens is 2. The Hall–Kier alpha value is -2.13. The second kappa shape index (κ2) is 10.4. The molecule has 0 aliphatic rings. The maximum atomic E-state index is 12.4. The molecule has 2 rings (SSSR count). The van der Waals surface area contributed by atoms with Gasteiger partial charge in [0.2, 0.25) is 0 Å². The van der Waals surface area contributed by atoms with Gasteiger partial charge in [0.1, 0.15) is 11.6 Å². The number of carbonyl (C=O) groups is 2. The van der Waals surface area contributed by atoms with Gasteiger partial charge in [-0.25, -0.2) is 0 Å². The van der Waals surface area contributed by atoms with E-state index in [2.05, 4.69) is 27.9 Å². The summed E-state index contributed by atoms with van der Waals surface area (Å²) in [6.45, 7) is 3.49. The number of nitrogens with one attached hydrogen (secondary N) is 1. The van der Waals surface area contributed by atoms with Gasteiger partial charge in [0.25, 0.3) is 5.91 Å². The number of hydrogen-bond donors (Lipinski definition) is 1. The predicted molar refractivity (Wildman–Crippen MR) is 123 cm³/mol. The van der Waals surface area contributed by atoms with Crippen molar-refractivity contribution in [1.29, 1.82) is 5.26 Å².